The second kappa shape index (κ2) is 6.39. The van der Waals surface area contributed by atoms with E-state index in [-0.39, 0.29) is 12.3 Å². The molecule has 0 bridgehead atoms. The summed E-state index contributed by atoms with van der Waals surface area (Å²) in [5.74, 6) is 1.04. The van der Waals surface area contributed by atoms with Crippen molar-refractivity contribution in [2.24, 2.45) is 5.92 Å². The van der Waals surface area contributed by atoms with Crippen molar-refractivity contribution in [2.75, 3.05) is 6.54 Å². The molecule has 0 aliphatic rings. The van der Waals surface area contributed by atoms with Crippen LogP contribution in [0.3, 0.4) is 0 Å². The molecule has 0 saturated heterocycles. The first-order valence-electron chi connectivity index (χ1n) is 8.50. The Morgan fingerprint density at radius 3 is 2.36 bits per heavy atom. The molecule has 5 nitrogen and oxygen atoms in total. The number of fused-ring (bicyclic) bond motifs is 2. The van der Waals surface area contributed by atoms with Gasteiger partial charge in [-0.2, -0.15) is 0 Å². The van der Waals surface area contributed by atoms with Crippen LogP contribution in [0.1, 0.15) is 36.3 Å². The molecule has 1 N–H and O–H groups in total. The summed E-state index contributed by atoms with van der Waals surface area (Å²) in [6, 6.07) is 3.73. The van der Waals surface area contributed by atoms with E-state index in [2.05, 4.69) is 5.32 Å². The Bertz CT molecular complexity index is 1020. The van der Waals surface area contributed by atoms with E-state index in [0.29, 0.717) is 29.2 Å². The Labute approximate surface area is 146 Å². The highest BCUT2D eigenvalue weighted by Crippen LogP contribution is 2.30. The Morgan fingerprint density at radius 2 is 1.68 bits per heavy atom. The highest BCUT2D eigenvalue weighted by atomic mass is 16.4. The van der Waals surface area contributed by atoms with Gasteiger partial charge in [-0.3, -0.25) is 4.79 Å². The number of aryl methyl sites for hydroxylation is 3. The van der Waals surface area contributed by atoms with Crippen LogP contribution >= 0.6 is 0 Å². The van der Waals surface area contributed by atoms with Crippen LogP contribution in [-0.4, -0.2) is 12.5 Å². The van der Waals surface area contributed by atoms with Crippen molar-refractivity contribution in [2.45, 2.75) is 41.0 Å². The number of furan rings is 1. The molecule has 2 aromatic heterocycles. The SMILES string of the molecule is Cc1oc2cc3oc(=O)c(CC(=O)NCC(C)C)c(C)c3cc2c1C. The number of hydrogen-bond donors (Lipinski definition) is 1. The minimum absolute atomic E-state index is 0.0261. The lowest BCUT2D eigenvalue weighted by molar-refractivity contribution is -0.120. The lowest BCUT2D eigenvalue weighted by Crippen LogP contribution is -2.30. The predicted octanol–water partition coefficient (Wildman–Crippen LogP) is 3.78. The van der Waals surface area contributed by atoms with Crippen LogP contribution in [-0.2, 0) is 11.2 Å². The third-order valence-electron chi connectivity index (χ3n) is 4.63. The van der Waals surface area contributed by atoms with Gasteiger partial charge in [0.25, 0.3) is 0 Å². The molecule has 0 unspecified atom stereocenters. The maximum atomic E-state index is 12.4. The van der Waals surface area contributed by atoms with Gasteiger partial charge in [-0.15, -0.1) is 0 Å². The number of carbonyl (C=O) groups is 1. The minimum atomic E-state index is -0.468. The summed E-state index contributed by atoms with van der Waals surface area (Å²) in [7, 11) is 0. The standard InChI is InChI=1S/C20H23NO4/c1-10(2)9-21-19(22)7-16-12(4)15-6-14-11(3)13(5)24-17(14)8-18(15)25-20(16)23/h6,8,10H,7,9H2,1-5H3,(H,21,22). The molecule has 0 saturated carbocycles. The van der Waals surface area contributed by atoms with E-state index >= 15 is 0 Å². The van der Waals surface area contributed by atoms with Crippen LogP contribution in [0.2, 0.25) is 0 Å². The quantitative estimate of drug-likeness (QED) is 0.733. The fraction of sp³-hybridized carbons (Fsp3) is 0.400. The van der Waals surface area contributed by atoms with E-state index in [4.69, 9.17) is 8.83 Å². The highest BCUT2D eigenvalue weighted by molar-refractivity contribution is 5.97. The van der Waals surface area contributed by atoms with Gasteiger partial charge in [-0.25, -0.2) is 4.79 Å². The van der Waals surface area contributed by atoms with Crippen molar-refractivity contribution in [3.63, 3.8) is 0 Å². The molecule has 3 rings (SSSR count). The Hall–Kier alpha value is -2.56. The van der Waals surface area contributed by atoms with Crippen molar-refractivity contribution in [1.82, 2.24) is 5.32 Å². The van der Waals surface area contributed by atoms with Crippen LogP contribution in [0.5, 0.6) is 0 Å². The largest absolute Gasteiger partial charge is 0.461 e. The summed E-state index contributed by atoms with van der Waals surface area (Å²) in [5.41, 5.74) is 2.97. The van der Waals surface area contributed by atoms with Crippen molar-refractivity contribution >= 4 is 27.8 Å². The van der Waals surface area contributed by atoms with Gasteiger partial charge in [0.05, 0.1) is 12.0 Å². The third kappa shape index (κ3) is 3.18. The first-order valence-corrected chi connectivity index (χ1v) is 8.50. The van der Waals surface area contributed by atoms with E-state index in [9.17, 15) is 9.59 Å². The monoisotopic (exact) mass is 341 g/mol. The van der Waals surface area contributed by atoms with Gasteiger partial charge in [-0.05, 0) is 43.9 Å². The molecule has 0 radical (unpaired) electrons. The summed E-state index contributed by atoms with van der Waals surface area (Å²) in [6.07, 6.45) is 0.0261. The first-order chi connectivity index (χ1) is 11.8. The Balaban J connectivity index is 2.08. The minimum Gasteiger partial charge on any atom is -0.461 e. The van der Waals surface area contributed by atoms with Crippen LogP contribution in [0.25, 0.3) is 21.9 Å². The Kier molecular flexibility index (Phi) is 4.41. The van der Waals surface area contributed by atoms with Crippen molar-refractivity contribution in [3.05, 3.63) is 45.0 Å². The summed E-state index contributed by atoms with van der Waals surface area (Å²) < 4.78 is 11.2. The number of hydrogen-bond acceptors (Lipinski definition) is 4. The maximum Gasteiger partial charge on any atom is 0.340 e. The molecular weight excluding hydrogens is 318 g/mol. The van der Waals surface area contributed by atoms with Crippen molar-refractivity contribution in [3.8, 4) is 0 Å². The number of benzene rings is 1. The molecule has 1 amide bonds. The second-order valence-corrected chi connectivity index (χ2v) is 7.00. The molecule has 0 atom stereocenters. The first kappa shape index (κ1) is 17.3. The highest BCUT2D eigenvalue weighted by Gasteiger charge is 2.17. The zero-order valence-corrected chi connectivity index (χ0v) is 15.3. The third-order valence-corrected chi connectivity index (χ3v) is 4.63. The molecule has 0 aliphatic carbocycles. The lowest BCUT2D eigenvalue weighted by Gasteiger charge is -2.10. The number of amides is 1. The topological polar surface area (TPSA) is 72.5 Å². The number of carbonyl (C=O) groups excluding carboxylic acids is 1. The number of nitrogens with one attached hydrogen (secondary N) is 1. The normalized spacial score (nSPS) is 11.6. The summed E-state index contributed by atoms with van der Waals surface area (Å²) in [4.78, 5) is 24.5. The molecule has 0 aliphatic heterocycles. The van der Waals surface area contributed by atoms with E-state index in [1.165, 1.54) is 0 Å². The van der Waals surface area contributed by atoms with E-state index < -0.39 is 5.63 Å². The average molecular weight is 341 g/mol. The van der Waals surface area contributed by atoms with Gasteiger partial charge < -0.3 is 14.2 Å². The molecule has 2 heterocycles. The van der Waals surface area contributed by atoms with Gasteiger partial charge in [0.1, 0.15) is 16.9 Å². The second-order valence-electron chi connectivity index (χ2n) is 7.00. The fourth-order valence-electron chi connectivity index (χ4n) is 2.97. The maximum absolute atomic E-state index is 12.4. The average Bonchev–Trinajstić information content (AvgIpc) is 2.82. The summed E-state index contributed by atoms with van der Waals surface area (Å²) in [5, 5.41) is 4.67. The molecule has 5 heteroatoms. The van der Waals surface area contributed by atoms with Crippen LogP contribution < -0.4 is 10.9 Å². The van der Waals surface area contributed by atoms with Crippen molar-refractivity contribution in [1.29, 1.82) is 0 Å². The van der Waals surface area contributed by atoms with Gasteiger partial charge >= 0.3 is 5.63 Å². The molecule has 3 aromatic rings. The van der Waals surface area contributed by atoms with Gasteiger partial charge in [0.2, 0.25) is 5.91 Å². The van der Waals surface area contributed by atoms with Crippen LogP contribution in [0, 0.1) is 26.7 Å². The number of rotatable bonds is 4. The van der Waals surface area contributed by atoms with Gasteiger partial charge in [-0.1, -0.05) is 13.8 Å². The zero-order valence-electron chi connectivity index (χ0n) is 15.3. The molecule has 0 spiro atoms. The predicted molar refractivity (Wildman–Crippen MR) is 98.0 cm³/mol. The van der Waals surface area contributed by atoms with Crippen LogP contribution in [0.4, 0.5) is 0 Å². The summed E-state index contributed by atoms with van der Waals surface area (Å²) in [6.45, 7) is 10.4. The zero-order chi connectivity index (χ0) is 18.3. The smallest absolute Gasteiger partial charge is 0.340 e. The lowest BCUT2D eigenvalue weighted by atomic mass is 10.0. The molecule has 1 aromatic carbocycles. The molecule has 132 valence electrons. The fourth-order valence-corrected chi connectivity index (χ4v) is 2.97. The molecule has 25 heavy (non-hydrogen) atoms. The van der Waals surface area contributed by atoms with E-state index in [0.717, 1.165) is 27.7 Å². The molecular formula is C20H23NO4. The van der Waals surface area contributed by atoms with Crippen molar-refractivity contribution < 1.29 is 13.6 Å². The molecule has 0 fully saturated rings. The van der Waals surface area contributed by atoms with E-state index in [1.807, 2.05) is 40.7 Å². The van der Waals surface area contributed by atoms with Gasteiger partial charge in [0, 0.05) is 23.4 Å². The summed E-state index contributed by atoms with van der Waals surface area (Å²) >= 11 is 0. The Morgan fingerprint density at radius 1 is 1.04 bits per heavy atom. The van der Waals surface area contributed by atoms with Gasteiger partial charge in [0.15, 0.2) is 0 Å². The van der Waals surface area contributed by atoms with Crippen LogP contribution in [0.15, 0.2) is 25.8 Å². The van der Waals surface area contributed by atoms with E-state index in [1.54, 1.807) is 6.07 Å².